The molecular formula is C15H17BrN2O. The number of hydrogen-bond acceptors (Lipinski definition) is 3. The maximum Gasteiger partial charge on any atom is 0.110 e. The van der Waals surface area contributed by atoms with Crippen LogP contribution in [0.5, 0.6) is 0 Å². The van der Waals surface area contributed by atoms with Gasteiger partial charge in [0.05, 0.1) is 11.3 Å². The molecule has 0 aromatic heterocycles. The van der Waals surface area contributed by atoms with Crippen LogP contribution in [0.25, 0.3) is 5.70 Å². The molecule has 1 fully saturated rings. The van der Waals surface area contributed by atoms with Gasteiger partial charge in [0.15, 0.2) is 0 Å². The van der Waals surface area contributed by atoms with Gasteiger partial charge in [-0.2, -0.15) is 0 Å². The second-order valence-electron chi connectivity index (χ2n) is 5.80. The second-order valence-corrected chi connectivity index (χ2v) is 6.72. The number of aliphatic hydroxyl groups is 1. The average molecular weight is 321 g/mol. The van der Waals surface area contributed by atoms with Gasteiger partial charge in [0.25, 0.3) is 0 Å². The van der Waals surface area contributed by atoms with Crippen LogP contribution in [0.2, 0.25) is 0 Å². The lowest BCUT2D eigenvalue weighted by Crippen LogP contribution is -2.33. The van der Waals surface area contributed by atoms with Crippen molar-refractivity contribution >= 4 is 33.1 Å². The highest BCUT2D eigenvalue weighted by Gasteiger charge is 2.39. The van der Waals surface area contributed by atoms with Crippen molar-refractivity contribution in [1.82, 2.24) is 4.90 Å². The monoisotopic (exact) mass is 320 g/mol. The molecule has 1 saturated heterocycles. The summed E-state index contributed by atoms with van der Waals surface area (Å²) in [5, 5.41) is 10.2. The van der Waals surface area contributed by atoms with E-state index in [0.717, 1.165) is 40.2 Å². The first-order valence-corrected chi connectivity index (χ1v) is 7.22. The van der Waals surface area contributed by atoms with E-state index in [2.05, 4.69) is 27.4 Å². The molecule has 1 aromatic rings. The molecule has 4 heteroatoms. The van der Waals surface area contributed by atoms with Gasteiger partial charge in [0.1, 0.15) is 5.84 Å². The van der Waals surface area contributed by atoms with Crippen LogP contribution in [0, 0.1) is 5.92 Å². The fourth-order valence-electron chi connectivity index (χ4n) is 2.69. The van der Waals surface area contributed by atoms with E-state index in [1.165, 1.54) is 0 Å². The number of benzene rings is 1. The van der Waals surface area contributed by atoms with Crippen LogP contribution in [-0.2, 0) is 0 Å². The van der Waals surface area contributed by atoms with Gasteiger partial charge in [0, 0.05) is 34.6 Å². The number of hydrogen-bond donors (Lipinski definition) is 1. The van der Waals surface area contributed by atoms with Crippen molar-refractivity contribution in [3.8, 4) is 0 Å². The quantitative estimate of drug-likeness (QED) is 0.858. The van der Waals surface area contributed by atoms with E-state index in [1.54, 1.807) is 0 Å². The zero-order valence-corrected chi connectivity index (χ0v) is 12.7. The number of amidine groups is 1. The van der Waals surface area contributed by atoms with Crippen molar-refractivity contribution in [3.05, 3.63) is 34.8 Å². The Morgan fingerprint density at radius 3 is 2.89 bits per heavy atom. The third-order valence-corrected chi connectivity index (χ3v) is 4.48. The summed E-state index contributed by atoms with van der Waals surface area (Å²) in [7, 11) is 0. The summed E-state index contributed by atoms with van der Waals surface area (Å²) in [6.07, 6.45) is 0.800. The average Bonchev–Trinajstić information content (AvgIpc) is 2.72. The van der Waals surface area contributed by atoms with Crippen LogP contribution in [0.3, 0.4) is 0 Å². The Morgan fingerprint density at radius 2 is 2.21 bits per heavy atom. The van der Waals surface area contributed by atoms with Gasteiger partial charge in [-0.25, -0.2) is 4.99 Å². The Morgan fingerprint density at radius 1 is 1.47 bits per heavy atom. The Kier molecular flexibility index (Phi) is 2.84. The predicted octanol–water partition coefficient (Wildman–Crippen LogP) is 3.56. The highest BCUT2D eigenvalue weighted by molar-refractivity contribution is 9.10. The minimum Gasteiger partial charge on any atom is -0.390 e. The molecule has 1 aromatic carbocycles. The summed E-state index contributed by atoms with van der Waals surface area (Å²) in [5.41, 5.74) is 2.33. The van der Waals surface area contributed by atoms with Gasteiger partial charge < -0.3 is 10.0 Å². The zero-order valence-electron chi connectivity index (χ0n) is 11.2. The molecule has 100 valence electrons. The molecule has 3 nitrogen and oxygen atoms in total. The van der Waals surface area contributed by atoms with Gasteiger partial charge in [-0.1, -0.05) is 22.5 Å². The van der Waals surface area contributed by atoms with Crippen molar-refractivity contribution in [2.75, 3.05) is 6.54 Å². The molecule has 2 aliphatic heterocycles. The number of fused-ring (bicyclic) bond motifs is 2. The van der Waals surface area contributed by atoms with Crippen molar-refractivity contribution in [3.63, 3.8) is 0 Å². The lowest BCUT2D eigenvalue weighted by Gasteiger charge is -2.28. The van der Waals surface area contributed by atoms with E-state index < -0.39 is 5.60 Å². The largest absolute Gasteiger partial charge is 0.390 e. The topological polar surface area (TPSA) is 35.8 Å². The minimum atomic E-state index is -0.688. The molecular weight excluding hydrogens is 304 g/mol. The minimum absolute atomic E-state index is 0.195. The van der Waals surface area contributed by atoms with Gasteiger partial charge >= 0.3 is 0 Å². The van der Waals surface area contributed by atoms with Crippen LogP contribution in [0.4, 0.5) is 5.69 Å². The van der Waals surface area contributed by atoms with Gasteiger partial charge in [0.2, 0.25) is 0 Å². The summed E-state index contributed by atoms with van der Waals surface area (Å²) in [4.78, 5) is 6.86. The molecule has 0 aliphatic carbocycles. The van der Waals surface area contributed by atoms with Crippen LogP contribution in [0.1, 0.15) is 25.8 Å². The lowest BCUT2D eigenvalue weighted by atomic mass is 9.90. The molecule has 0 bridgehead atoms. The van der Waals surface area contributed by atoms with Crippen LogP contribution >= 0.6 is 15.9 Å². The first kappa shape index (κ1) is 12.9. The molecule has 0 amide bonds. The van der Waals surface area contributed by atoms with E-state index in [4.69, 9.17) is 4.99 Å². The lowest BCUT2D eigenvalue weighted by molar-refractivity contribution is 0.0234. The molecule has 3 rings (SSSR count). The van der Waals surface area contributed by atoms with Crippen LogP contribution < -0.4 is 0 Å². The van der Waals surface area contributed by atoms with Gasteiger partial charge in [-0.05, 0) is 32.0 Å². The number of nitrogens with zero attached hydrogens (tertiary/aromatic N) is 2. The summed E-state index contributed by atoms with van der Waals surface area (Å²) in [6, 6.07) is 6.07. The standard InChI is InChI=1S/C15H17BrN2O/c1-9-12-5-4-11(16)7-13(12)17-14-6-10(8-18(9)14)15(2,3)19/h4-5,7,10,19H,1,6,8H2,2-3H3. The third-order valence-electron chi connectivity index (χ3n) is 3.99. The third kappa shape index (κ3) is 2.13. The van der Waals surface area contributed by atoms with Gasteiger partial charge in [-0.3, -0.25) is 0 Å². The van der Waals surface area contributed by atoms with E-state index in [0.29, 0.717) is 0 Å². The van der Waals surface area contributed by atoms with Crippen molar-refractivity contribution in [1.29, 1.82) is 0 Å². The van der Waals surface area contributed by atoms with Crippen LogP contribution in [0.15, 0.2) is 34.2 Å². The molecule has 0 saturated carbocycles. The number of rotatable bonds is 1. The molecule has 1 N–H and O–H groups in total. The van der Waals surface area contributed by atoms with Crippen LogP contribution in [-0.4, -0.2) is 28.0 Å². The molecule has 0 radical (unpaired) electrons. The second kappa shape index (κ2) is 4.18. The predicted molar refractivity (Wildman–Crippen MR) is 81.4 cm³/mol. The fourth-order valence-corrected chi connectivity index (χ4v) is 3.04. The maximum atomic E-state index is 10.2. The smallest absolute Gasteiger partial charge is 0.110 e. The Balaban J connectivity index is 2.01. The summed E-state index contributed by atoms with van der Waals surface area (Å²) < 4.78 is 1.02. The Labute approximate surface area is 121 Å². The summed E-state index contributed by atoms with van der Waals surface area (Å²) >= 11 is 3.47. The van der Waals surface area contributed by atoms with Gasteiger partial charge in [-0.15, -0.1) is 0 Å². The Hall–Kier alpha value is -1.13. The highest BCUT2D eigenvalue weighted by atomic mass is 79.9. The molecule has 1 unspecified atom stereocenters. The highest BCUT2D eigenvalue weighted by Crippen LogP contribution is 2.41. The normalized spacial score (nSPS) is 22.1. The summed E-state index contributed by atoms with van der Waals surface area (Å²) in [6.45, 7) is 8.71. The number of aliphatic imine (C=N–C) groups is 1. The molecule has 2 aliphatic rings. The van der Waals surface area contributed by atoms with E-state index in [1.807, 2.05) is 32.0 Å². The maximum absolute atomic E-state index is 10.2. The van der Waals surface area contributed by atoms with E-state index >= 15 is 0 Å². The van der Waals surface area contributed by atoms with Crippen molar-refractivity contribution in [2.24, 2.45) is 10.9 Å². The van der Waals surface area contributed by atoms with E-state index in [9.17, 15) is 5.11 Å². The zero-order chi connectivity index (χ0) is 13.8. The molecule has 1 atom stereocenters. The first-order valence-electron chi connectivity index (χ1n) is 6.42. The van der Waals surface area contributed by atoms with Crippen molar-refractivity contribution < 1.29 is 5.11 Å². The molecule has 19 heavy (non-hydrogen) atoms. The SMILES string of the molecule is C=C1c2ccc(Br)cc2N=C2CC(C(C)(C)O)CN12. The van der Waals surface area contributed by atoms with E-state index in [-0.39, 0.29) is 5.92 Å². The van der Waals surface area contributed by atoms with Crippen molar-refractivity contribution in [2.45, 2.75) is 25.9 Å². The Bertz CT molecular complexity index is 586. The molecule has 2 heterocycles. The first-order chi connectivity index (χ1) is 8.86. The summed E-state index contributed by atoms with van der Waals surface area (Å²) in [5.74, 6) is 1.21. The number of halogens is 1. The fraction of sp³-hybridized carbons (Fsp3) is 0.400. The molecule has 0 spiro atoms.